The van der Waals surface area contributed by atoms with Crippen molar-refractivity contribution in [2.24, 2.45) is 0 Å². The molecule has 2 nitrogen and oxygen atoms in total. The molecule has 0 saturated carbocycles. The summed E-state index contributed by atoms with van der Waals surface area (Å²) in [6, 6.07) is 9.37. The summed E-state index contributed by atoms with van der Waals surface area (Å²) in [4.78, 5) is 12.2. The number of ether oxygens (including phenoxy) is 1. The second-order valence-corrected chi connectivity index (χ2v) is 5.41. The number of carbonyl (C=O) groups is 1. The second kappa shape index (κ2) is 6.37. The van der Waals surface area contributed by atoms with Gasteiger partial charge in [-0.3, -0.25) is 4.79 Å². The lowest BCUT2D eigenvalue weighted by Gasteiger charge is -2.08. The van der Waals surface area contributed by atoms with Crippen molar-refractivity contribution in [3.8, 4) is 5.75 Å². The van der Waals surface area contributed by atoms with E-state index in [1.54, 1.807) is 31.4 Å². The Hall–Kier alpha value is -1.39. The minimum absolute atomic E-state index is 0.0869. The summed E-state index contributed by atoms with van der Waals surface area (Å²) in [5.74, 6) is -0.0561. The number of ketones is 1. The number of hydrogen-bond acceptors (Lipinski definition) is 2. The smallest absolute Gasteiger partial charge is 0.168 e. The monoisotopic (exact) mass is 356 g/mol. The highest BCUT2D eigenvalue weighted by atomic mass is 79.9. The van der Waals surface area contributed by atoms with Crippen molar-refractivity contribution in [2.75, 3.05) is 7.11 Å². The summed E-state index contributed by atoms with van der Waals surface area (Å²) in [5.41, 5.74) is 0.673. The molecule has 2 aromatic carbocycles. The first-order valence-corrected chi connectivity index (χ1v) is 6.99. The largest absolute Gasteiger partial charge is 0.497 e. The number of Topliss-reactive ketones (excluding diaryl/α,β-unsaturated/α-hetero) is 1. The van der Waals surface area contributed by atoms with Crippen LogP contribution in [-0.4, -0.2) is 12.9 Å². The van der Waals surface area contributed by atoms with E-state index in [-0.39, 0.29) is 22.8 Å². The fourth-order valence-corrected chi connectivity index (χ4v) is 2.61. The molecule has 0 saturated heterocycles. The van der Waals surface area contributed by atoms with Gasteiger partial charge >= 0.3 is 0 Å². The maximum Gasteiger partial charge on any atom is 0.168 e. The lowest BCUT2D eigenvalue weighted by Crippen LogP contribution is -2.07. The first kappa shape index (κ1) is 15.0. The molecule has 0 amide bonds. The van der Waals surface area contributed by atoms with Crippen LogP contribution in [0.25, 0.3) is 0 Å². The van der Waals surface area contributed by atoms with E-state index in [0.717, 1.165) is 0 Å². The van der Waals surface area contributed by atoms with Gasteiger partial charge in [-0.05, 0) is 46.3 Å². The van der Waals surface area contributed by atoms with Crippen molar-refractivity contribution in [1.82, 2.24) is 0 Å². The standard InChI is InChI=1S/C15H11BrClFO2/c1-20-9-5-6-10(12(16)7-9)15(19)8-11-13(17)3-2-4-14(11)18/h2-7H,8H2,1H3. The molecule has 2 rings (SSSR count). The van der Waals surface area contributed by atoms with Crippen LogP contribution in [0.3, 0.4) is 0 Å². The molecule has 0 N–H and O–H groups in total. The van der Waals surface area contributed by atoms with Crippen molar-refractivity contribution >= 4 is 33.3 Å². The van der Waals surface area contributed by atoms with Gasteiger partial charge in [-0.25, -0.2) is 4.39 Å². The SMILES string of the molecule is COc1ccc(C(=O)Cc2c(F)cccc2Cl)c(Br)c1. The summed E-state index contributed by atoms with van der Waals surface area (Å²) in [6.45, 7) is 0. The van der Waals surface area contributed by atoms with Crippen molar-refractivity contribution in [2.45, 2.75) is 6.42 Å². The minimum Gasteiger partial charge on any atom is -0.497 e. The van der Waals surface area contributed by atoms with E-state index >= 15 is 0 Å². The Morgan fingerprint density at radius 3 is 2.70 bits per heavy atom. The normalized spacial score (nSPS) is 10.4. The molecule has 0 radical (unpaired) electrons. The molecule has 0 aromatic heterocycles. The quantitative estimate of drug-likeness (QED) is 0.743. The zero-order chi connectivity index (χ0) is 14.7. The van der Waals surface area contributed by atoms with E-state index in [2.05, 4.69) is 15.9 Å². The van der Waals surface area contributed by atoms with E-state index < -0.39 is 5.82 Å². The molecule has 5 heteroatoms. The third-order valence-electron chi connectivity index (χ3n) is 2.88. The summed E-state index contributed by atoms with van der Waals surface area (Å²) < 4.78 is 19.3. The summed E-state index contributed by atoms with van der Waals surface area (Å²) in [6.07, 6.45) is -0.0869. The minimum atomic E-state index is -0.476. The van der Waals surface area contributed by atoms with Gasteiger partial charge in [0.05, 0.1) is 7.11 Å². The van der Waals surface area contributed by atoms with Crippen LogP contribution in [0.4, 0.5) is 4.39 Å². The van der Waals surface area contributed by atoms with Crippen LogP contribution < -0.4 is 4.74 Å². The van der Waals surface area contributed by atoms with Crippen molar-refractivity contribution < 1.29 is 13.9 Å². The van der Waals surface area contributed by atoms with Crippen LogP contribution in [-0.2, 0) is 6.42 Å². The van der Waals surface area contributed by atoms with Crippen LogP contribution in [0.1, 0.15) is 15.9 Å². The van der Waals surface area contributed by atoms with Gasteiger partial charge in [-0.2, -0.15) is 0 Å². The van der Waals surface area contributed by atoms with Gasteiger partial charge in [0.15, 0.2) is 5.78 Å². The van der Waals surface area contributed by atoms with E-state index in [0.29, 0.717) is 15.8 Å². The molecular weight excluding hydrogens is 347 g/mol. The highest BCUT2D eigenvalue weighted by Crippen LogP contribution is 2.26. The molecule has 0 fully saturated rings. The molecule has 0 atom stereocenters. The molecule has 0 heterocycles. The average Bonchev–Trinajstić information content (AvgIpc) is 2.42. The molecule has 2 aromatic rings. The van der Waals surface area contributed by atoms with Gasteiger partial charge in [0.25, 0.3) is 0 Å². The van der Waals surface area contributed by atoms with E-state index in [1.165, 1.54) is 12.1 Å². The number of benzene rings is 2. The van der Waals surface area contributed by atoms with Gasteiger partial charge in [0.2, 0.25) is 0 Å². The Kier molecular flexibility index (Phi) is 4.78. The molecule has 0 aliphatic rings. The van der Waals surface area contributed by atoms with Crippen molar-refractivity contribution in [3.05, 3.63) is 62.8 Å². The number of carbonyl (C=O) groups excluding carboxylic acids is 1. The van der Waals surface area contributed by atoms with Crippen molar-refractivity contribution in [1.29, 1.82) is 0 Å². The van der Waals surface area contributed by atoms with E-state index in [9.17, 15) is 9.18 Å². The predicted octanol–water partition coefficient (Wildman–Crippen LogP) is 4.68. The number of halogens is 3. The second-order valence-electron chi connectivity index (χ2n) is 4.15. The summed E-state index contributed by atoms with van der Waals surface area (Å²) in [5, 5.41) is 0.253. The van der Waals surface area contributed by atoms with Gasteiger partial charge < -0.3 is 4.74 Å². The molecular formula is C15H11BrClFO2. The molecule has 0 unspecified atom stereocenters. The zero-order valence-electron chi connectivity index (χ0n) is 10.6. The van der Waals surface area contributed by atoms with Crippen molar-refractivity contribution in [3.63, 3.8) is 0 Å². The Labute approximate surface area is 129 Å². The molecule has 20 heavy (non-hydrogen) atoms. The lowest BCUT2D eigenvalue weighted by molar-refractivity contribution is 0.0991. The van der Waals surface area contributed by atoms with Gasteiger partial charge in [0.1, 0.15) is 11.6 Å². The third kappa shape index (κ3) is 3.19. The van der Waals surface area contributed by atoms with Crippen LogP contribution in [0.2, 0.25) is 5.02 Å². The average molecular weight is 358 g/mol. The number of rotatable bonds is 4. The molecule has 0 aliphatic heterocycles. The Morgan fingerprint density at radius 2 is 2.10 bits per heavy atom. The predicted molar refractivity (Wildman–Crippen MR) is 80.1 cm³/mol. The van der Waals surface area contributed by atoms with E-state index in [4.69, 9.17) is 16.3 Å². The molecule has 104 valence electrons. The summed E-state index contributed by atoms with van der Waals surface area (Å²) >= 11 is 9.24. The molecule has 0 spiro atoms. The Balaban J connectivity index is 2.29. The summed E-state index contributed by atoms with van der Waals surface area (Å²) in [7, 11) is 1.54. The van der Waals surface area contributed by atoms with E-state index in [1.807, 2.05) is 0 Å². The fourth-order valence-electron chi connectivity index (χ4n) is 1.81. The maximum absolute atomic E-state index is 13.7. The number of methoxy groups -OCH3 is 1. The number of hydrogen-bond donors (Lipinski definition) is 0. The first-order valence-electron chi connectivity index (χ1n) is 5.82. The highest BCUT2D eigenvalue weighted by Gasteiger charge is 2.16. The van der Waals surface area contributed by atoms with Gasteiger partial charge in [0, 0.05) is 27.0 Å². The highest BCUT2D eigenvalue weighted by molar-refractivity contribution is 9.10. The maximum atomic E-state index is 13.7. The Morgan fingerprint density at radius 1 is 1.35 bits per heavy atom. The zero-order valence-corrected chi connectivity index (χ0v) is 13.0. The van der Waals surface area contributed by atoms with Crippen LogP contribution in [0.15, 0.2) is 40.9 Å². The molecule has 0 aliphatic carbocycles. The van der Waals surface area contributed by atoms with Gasteiger partial charge in [-0.1, -0.05) is 17.7 Å². The lowest BCUT2D eigenvalue weighted by atomic mass is 10.0. The topological polar surface area (TPSA) is 26.3 Å². The third-order valence-corrected chi connectivity index (χ3v) is 3.89. The molecule has 0 bridgehead atoms. The Bertz CT molecular complexity index is 638. The van der Waals surface area contributed by atoms with Crippen LogP contribution in [0.5, 0.6) is 5.75 Å². The van der Waals surface area contributed by atoms with Gasteiger partial charge in [-0.15, -0.1) is 0 Å². The van der Waals surface area contributed by atoms with Crippen LogP contribution in [0, 0.1) is 5.82 Å². The fraction of sp³-hybridized carbons (Fsp3) is 0.133. The first-order chi connectivity index (χ1) is 9.52. The van der Waals surface area contributed by atoms with Crippen LogP contribution >= 0.6 is 27.5 Å².